The zero-order valence-corrected chi connectivity index (χ0v) is 19.3. The monoisotopic (exact) mass is 456 g/mol. The van der Waals surface area contributed by atoms with E-state index in [0.29, 0.717) is 25.2 Å². The fourth-order valence-corrected chi connectivity index (χ4v) is 4.75. The van der Waals surface area contributed by atoms with Crippen molar-refractivity contribution in [2.24, 2.45) is 0 Å². The third kappa shape index (κ3) is 4.07. The zero-order chi connectivity index (χ0) is 23.7. The predicted molar refractivity (Wildman–Crippen MR) is 129 cm³/mol. The smallest absolute Gasteiger partial charge is 0.327 e. The van der Waals surface area contributed by atoms with Crippen molar-refractivity contribution in [3.05, 3.63) is 82.6 Å². The van der Waals surface area contributed by atoms with Gasteiger partial charge in [0, 0.05) is 50.3 Å². The summed E-state index contributed by atoms with van der Waals surface area (Å²) in [5.74, 6) is 0.819. The molecular weight excluding hydrogens is 428 g/mol. The van der Waals surface area contributed by atoms with Crippen LogP contribution in [0.15, 0.2) is 54.9 Å². The summed E-state index contributed by atoms with van der Waals surface area (Å²) in [4.78, 5) is 34.0. The van der Waals surface area contributed by atoms with Gasteiger partial charge in [0.1, 0.15) is 11.3 Å². The molecule has 3 aromatic rings. The number of carbonyl (C=O) groups excluding carboxylic acids is 2. The molecule has 0 unspecified atom stereocenters. The van der Waals surface area contributed by atoms with Gasteiger partial charge >= 0.3 is 6.03 Å². The Morgan fingerprint density at radius 3 is 2.68 bits per heavy atom. The Bertz CT molecular complexity index is 1310. The first-order chi connectivity index (χ1) is 16.5. The Morgan fingerprint density at radius 2 is 1.88 bits per heavy atom. The average Bonchev–Trinajstić information content (AvgIpc) is 2.87. The molecule has 5 rings (SSSR count). The van der Waals surface area contributed by atoms with Gasteiger partial charge in [0.2, 0.25) is 0 Å². The minimum Gasteiger partial charge on any atom is -0.338 e. The Morgan fingerprint density at radius 1 is 1.06 bits per heavy atom. The Kier molecular flexibility index (Phi) is 5.88. The van der Waals surface area contributed by atoms with Crippen LogP contribution in [-0.4, -0.2) is 46.0 Å². The highest BCUT2D eigenvalue weighted by Crippen LogP contribution is 2.32. The van der Waals surface area contributed by atoms with Gasteiger partial charge in [-0.05, 0) is 55.0 Å². The largest absolute Gasteiger partial charge is 0.338 e. The number of rotatable bonds is 3. The van der Waals surface area contributed by atoms with Crippen molar-refractivity contribution in [1.82, 2.24) is 19.8 Å². The molecule has 0 saturated heterocycles. The maximum absolute atomic E-state index is 13.3. The molecule has 0 saturated carbocycles. The number of nitrogens with one attached hydrogen (secondary N) is 2. The minimum atomic E-state index is -0.320. The molecule has 0 fully saturated rings. The Hall–Kier alpha value is -3.94. The van der Waals surface area contributed by atoms with Crippen LogP contribution >= 0.6 is 0 Å². The highest BCUT2D eigenvalue weighted by atomic mass is 16.2. The quantitative estimate of drug-likeness (QED) is 0.633. The van der Waals surface area contributed by atoms with Gasteiger partial charge in [0.25, 0.3) is 5.91 Å². The second-order valence-electron chi connectivity index (χ2n) is 8.68. The fourth-order valence-electron chi connectivity index (χ4n) is 4.75. The first-order valence-corrected chi connectivity index (χ1v) is 11.7. The van der Waals surface area contributed by atoms with E-state index >= 15 is 0 Å². The number of nitrogens with zero attached hydrogens (tertiary/aromatic N) is 4. The van der Waals surface area contributed by atoms with Crippen LogP contribution in [-0.2, 0) is 19.4 Å². The molecule has 2 aliphatic heterocycles. The SMILES string of the molecule is CCNC(=O)n1ccc(N2CCCc3cc(C(=O)N4CCc5ccccc5C4)cnc32)cc1=N. The van der Waals surface area contributed by atoms with E-state index in [4.69, 9.17) is 5.41 Å². The number of aryl methyl sites for hydroxylation is 1. The Balaban J connectivity index is 1.38. The Labute approximate surface area is 198 Å². The van der Waals surface area contributed by atoms with Gasteiger partial charge in [-0.3, -0.25) is 14.8 Å². The third-order valence-electron chi connectivity index (χ3n) is 6.49. The second-order valence-corrected chi connectivity index (χ2v) is 8.68. The van der Waals surface area contributed by atoms with Gasteiger partial charge in [0.05, 0.1) is 5.56 Å². The minimum absolute atomic E-state index is 0.0121. The fraction of sp³-hybridized carbons (Fsp3) is 0.308. The summed E-state index contributed by atoms with van der Waals surface area (Å²) in [5, 5.41) is 11.0. The molecule has 174 valence electrons. The molecule has 8 heteroatoms. The molecule has 2 aliphatic rings. The number of pyridine rings is 2. The maximum atomic E-state index is 13.3. The van der Waals surface area contributed by atoms with Crippen molar-refractivity contribution >= 4 is 23.4 Å². The lowest BCUT2D eigenvalue weighted by molar-refractivity contribution is 0.0734. The molecule has 34 heavy (non-hydrogen) atoms. The number of hydrogen-bond donors (Lipinski definition) is 2. The van der Waals surface area contributed by atoms with Gasteiger partial charge in [-0.15, -0.1) is 0 Å². The average molecular weight is 457 g/mol. The molecule has 8 nitrogen and oxygen atoms in total. The summed E-state index contributed by atoms with van der Waals surface area (Å²) in [6, 6.07) is 13.4. The van der Waals surface area contributed by atoms with E-state index in [2.05, 4.69) is 27.3 Å². The summed E-state index contributed by atoms with van der Waals surface area (Å²) in [5.41, 5.74) is 5.08. The molecule has 2 amide bonds. The second kappa shape index (κ2) is 9.13. The number of fused-ring (bicyclic) bond motifs is 2. The van der Waals surface area contributed by atoms with Crippen LogP contribution in [0.2, 0.25) is 0 Å². The molecule has 1 aromatic carbocycles. The van der Waals surface area contributed by atoms with Crippen molar-refractivity contribution in [3.8, 4) is 0 Å². The van der Waals surface area contributed by atoms with Crippen LogP contribution < -0.4 is 15.7 Å². The lowest BCUT2D eigenvalue weighted by Crippen LogP contribution is -2.37. The van der Waals surface area contributed by atoms with E-state index in [-0.39, 0.29) is 17.4 Å². The van der Waals surface area contributed by atoms with Crippen LogP contribution in [0, 0.1) is 5.41 Å². The predicted octanol–water partition coefficient (Wildman–Crippen LogP) is 3.22. The van der Waals surface area contributed by atoms with Crippen LogP contribution in [0.5, 0.6) is 0 Å². The molecule has 0 atom stereocenters. The van der Waals surface area contributed by atoms with Crippen molar-refractivity contribution in [2.45, 2.75) is 32.7 Å². The number of carbonyl (C=O) groups is 2. The summed E-state index contributed by atoms with van der Waals surface area (Å²) in [6.45, 7) is 4.44. The number of benzene rings is 1. The topological polar surface area (TPSA) is 94.3 Å². The van der Waals surface area contributed by atoms with Crippen molar-refractivity contribution in [1.29, 1.82) is 5.41 Å². The third-order valence-corrected chi connectivity index (χ3v) is 6.49. The van der Waals surface area contributed by atoms with Gasteiger partial charge in [0.15, 0.2) is 0 Å². The molecule has 2 aromatic heterocycles. The first-order valence-electron chi connectivity index (χ1n) is 11.7. The van der Waals surface area contributed by atoms with Crippen LogP contribution in [0.1, 0.15) is 40.4 Å². The number of aromatic nitrogens is 2. The number of hydrogen-bond acceptors (Lipinski definition) is 5. The van der Waals surface area contributed by atoms with E-state index in [1.165, 1.54) is 15.7 Å². The van der Waals surface area contributed by atoms with E-state index in [9.17, 15) is 9.59 Å². The molecular formula is C26H28N6O2. The lowest BCUT2D eigenvalue weighted by atomic mass is 9.98. The van der Waals surface area contributed by atoms with Crippen molar-refractivity contribution in [2.75, 3.05) is 24.5 Å². The standard InChI is InChI=1S/C26H28N6O2/c1-2-28-26(34)32-13-10-22(15-23(32)27)31-11-5-8-19-14-21(16-29-24(19)31)25(33)30-12-9-18-6-3-4-7-20(18)17-30/h3-4,6-7,10,13-16,27H,2,5,8-9,11-12,17H2,1H3,(H,28,34). The highest BCUT2D eigenvalue weighted by Gasteiger charge is 2.25. The van der Waals surface area contributed by atoms with Gasteiger partial charge < -0.3 is 15.1 Å². The van der Waals surface area contributed by atoms with Crippen LogP contribution in [0.4, 0.5) is 16.3 Å². The van der Waals surface area contributed by atoms with Gasteiger partial charge in [-0.2, -0.15) is 0 Å². The molecule has 0 radical (unpaired) electrons. The molecule has 4 heterocycles. The lowest BCUT2D eigenvalue weighted by Gasteiger charge is -2.31. The zero-order valence-electron chi connectivity index (χ0n) is 19.3. The number of anilines is 2. The molecule has 2 N–H and O–H groups in total. The van der Waals surface area contributed by atoms with E-state index in [0.717, 1.165) is 42.9 Å². The first kappa shape index (κ1) is 21.9. The van der Waals surface area contributed by atoms with E-state index < -0.39 is 0 Å². The molecule has 0 spiro atoms. The van der Waals surface area contributed by atoms with E-state index in [1.54, 1.807) is 18.5 Å². The van der Waals surface area contributed by atoms with Crippen LogP contribution in [0.3, 0.4) is 0 Å². The van der Waals surface area contributed by atoms with Crippen LogP contribution in [0.25, 0.3) is 0 Å². The highest BCUT2D eigenvalue weighted by molar-refractivity contribution is 5.94. The molecule has 0 aliphatic carbocycles. The maximum Gasteiger partial charge on any atom is 0.327 e. The summed E-state index contributed by atoms with van der Waals surface area (Å²) >= 11 is 0. The summed E-state index contributed by atoms with van der Waals surface area (Å²) < 4.78 is 1.28. The molecule has 0 bridgehead atoms. The normalized spacial score (nSPS) is 14.9. The van der Waals surface area contributed by atoms with Crippen molar-refractivity contribution < 1.29 is 9.59 Å². The summed E-state index contributed by atoms with van der Waals surface area (Å²) in [6.07, 6.45) is 5.92. The van der Waals surface area contributed by atoms with Crippen molar-refractivity contribution in [3.63, 3.8) is 0 Å². The number of amides is 2. The van der Waals surface area contributed by atoms with E-state index in [1.807, 2.05) is 36.1 Å². The van der Waals surface area contributed by atoms with Gasteiger partial charge in [-0.1, -0.05) is 24.3 Å². The summed E-state index contributed by atoms with van der Waals surface area (Å²) in [7, 11) is 0. The van der Waals surface area contributed by atoms with Gasteiger partial charge in [-0.25, -0.2) is 9.78 Å².